The number of anilines is 1. The zero-order chi connectivity index (χ0) is 21.3. The molecule has 1 aliphatic rings. The zero-order valence-electron chi connectivity index (χ0n) is 16.5. The van der Waals surface area contributed by atoms with Crippen molar-refractivity contribution in [2.45, 2.75) is 12.5 Å². The average molecular weight is 448 g/mol. The lowest BCUT2D eigenvalue weighted by Gasteiger charge is -2.12. The molecule has 8 nitrogen and oxygen atoms in total. The molecule has 158 valence electrons. The molecule has 3 heterocycles. The van der Waals surface area contributed by atoms with Gasteiger partial charge in [0.25, 0.3) is 5.91 Å². The predicted octanol–water partition coefficient (Wildman–Crippen LogP) is 3.24. The molecule has 2 aromatic heterocycles. The molecule has 0 saturated carbocycles. The van der Waals surface area contributed by atoms with E-state index in [1.807, 2.05) is 17.5 Å². The van der Waals surface area contributed by atoms with Crippen molar-refractivity contribution >= 4 is 32.8 Å². The van der Waals surface area contributed by atoms with Crippen LogP contribution in [0, 0.1) is 0 Å². The van der Waals surface area contributed by atoms with Crippen LogP contribution in [-0.2, 0) is 9.84 Å². The van der Waals surface area contributed by atoms with E-state index in [2.05, 4.69) is 10.4 Å². The number of thiophene rings is 1. The number of benzene rings is 1. The van der Waals surface area contributed by atoms with Gasteiger partial charge < -0.3 is 14.8 Å². The second-order valence-corrected chi connectivity index (χ2v) is 10.1. The molecule has 4 rings (SSSR count). The number of nitrogens with one attached hydrogen (secondary N) is 1. The minimum absolute atomic E-state index is 0.0315. The minimum atomic E-state index is -3.09. The third-order valence-corrected chi connectivity index (χ3v) is 7.58. The fraction of sp³-hybridized carbons (Fsp3) is 0.300. The maximum Gasteiger partial charge on any atom is 0.276 e. The number of hydrogen-bond donors (Lipinski definition) is 1. The van der Waals surface area contributed by atoms with Gasteiger partial charge in [-0.2, -0.15) is 5.10 Å². The number of carbonyl (C=O) groups excluding carboxylic acids is 1. The van der Waals surface area contributed by atoms with E-state index in [0.717, 1.165) is 10.6 Å². The number of carbonyl (C=O) groups is 1. The lowest BCUT2D eigenvalue weighted by atomic mass is 10.2. The first-order valence-electron chi connectivity index (χ1n) is 9.27. The number of aromatic nitrogens is 2. The molecule has 10 heteroatoms. The van der Waals surface area contributed by atoms with Crippen molar-refractivity contribution in [1.29, 1.82) is 0 Å². The second-order valence-electron chi connectivity index (χ2n) is 6.92. The van der Waals surface area contributed by atoms with Crippen molar-refractivity contribution in [3.63, 3.8) is 0 Å². The number of ether oxygens (including phenoxy) is 2. The van der Waals surface area contributed by atoms with Gasteiger partial charge >= 0.3 is 0 Å². The summed E-state index contributed by atoms with van der Waals surface area (Å²) in [7, 11) is -0.0251. The zero-order valence-corrected chi connectivity index (χ0v) is 18.1. The fourth-order valence-electron chi connectivity index (χ4n) is 3.47. The highest BCUT2D eigenvalue weighted by atomic mass is 32.2. The van der Waals surface area contributed by atoms with Crippen molar-refractivity contribution < 1.29 is 22.7 Å². The van der Waals surface area contributed by atoms with E-state index in [0.29, 0.717) is 23.6 Å². The normalized spacial score (nSPS) is 17.6. The van der Waals surface area contributed by atoms with E-state index in [-0.39, 0.29) is 29.1 Å². The molecule has 0 radical (unpaired) electrons. The minimum Gasteiger partial charge on any atom is -0.493 e. The highest BCUT2D eigenvalue weighted by molar-refractivity contribution is 7.91. The SMILES string of the molecule is COc1ccc(NC(=O)c2cc(-c3cccs3)n(C3CCS(=O)(=O)C3)n2)cc1OC. The van der Waals surface area contributed by atoms with E-state index < -0.39 is 9.84 Å². The first-order valence-corrected chi connectivity index (χ1v) is 12.0. The summed E-state index contributed by atoms with van der Waals surface area (Å²) >= 11 is 1.51. The van der Waals surface area contributed by atoms with Crippen LogP contribution in [0.4, 0.5) is 5.69 Å². The number of hydrogen-bond acceptors (Lipinski definition) is 7. The second kappa shape index (κ2) is 8.11. The Kier molecular flexibility index (Phi) is 5.52. The molecule has 1 fully saturated rings. The lowest BCUT2D eigenvalue weighted by molar-refractivity contribution is 0.102. The topological polar surface area (TPSA) is 99.5 Å². The van der Waals surface area contributed by atoms with Crippen molar-refractivity contribution in [3.05, 3.63) is 47.5 Å². The van der Waals surface area contributed by atoms with Crippen LogP contribution in [0.2, 0.25) is 0 Å². The number of sulfone groups is 1. The van der Waals surface area contributed by atoms with Gasteiger partial charge in [-0.1, -0.05) is 6.07 Å². The highest BCUT2D eigenvalue weighted by Crippen LogP contribution is 2.33. The fourth-order valence-corrected chi connectivity index (χ4v) is 5.90. The van der Waals surface area contributed by atoms with Gasteiger partial charge in [0.1, 0.15) is 0 Å². The first kappa shape index (κ1) is 20.4. The van der Waals surface area contributed by atoms with Gasteiger partial charge in [-0.05, 0) is 36.1 Å². The summed E-state index contributed by atoms with van der Waals surface area (Å²) in [6, 6.07) is 10.3. The predicted molar refractivity (Wildman–Crippen MR) is 115 cm³/mol. The standard InChI is InChI=1S/C20H21N3O5S2/c1-27-17-6-5-13(10-18(17)28-2)21-20(24)15-11-16(19-4-3-8-29-19)23(22-15)14-7-9-30(25,26)12-14/h3-6,8,10-11,14H,7,9,12H2,1-2H3,(H,21,24). The molecule has 1 N–H and O–H groups in total. The number of nitrogens with zero attached hydrogens (tertiary/aromatic N) is 2. The third kappa shape index (κ3) is 4.05. The van der Waals surface area contributed by atoms with Crippen molar-refractivity contribution in [1.82, 2.24) is 9.78 Å². The molecule has 1 saturated heterocycles. The Labute approximate surface area is 178 Å². The van der Waals surface area contributed by atoms with Crippen LogP contribution in [-0.4, -0.2) is 49.8 Å². The Balaban J connectivity index is 1.64. The molecule has 1 unspecified atom stereocenters. The lowest BCUT2D eigenvalue weighted by Crippen LogP contribution is -2.16. The highest BCUT2D eigenvalue weighted by Gasteiger charge is 2.32. The Hall–Kier alpha value is -2.85. The molecule has 1 aliphatic heterocycles. The molecule has 3 aromatic rings. The average Bonchev–Trinajstić information content (AvgIpc) is 3.46. The van der Waals surface area contributed by atoms with Gasteiger partial charge in [0.15, 0.2) is 27.0 Å². The molecule has 1 aromatic carbocycles. The Morgan fingerprint density at radius 1 is 1.20 bits per heavy atom. The first-order chi connectivity index (χ1) is 14.4. The molecule has 0 spiro atoms. The number of amides is 1. The summed E-state index contributed by atoms with van der Waals surface area (Å²) in [4.78, 5) is 13.8. The van der Waals surface area contributed by atoms with Crippen LogP contribution >= 0.6 is 11.3 Å². The van der Waals surface area contributed by atoms with Crippen LogP contribution < -0.4 is 14.8 Å². The van der Waals surface area contributed by atoms with Crippen LogP contribution in [0.5, 0.6) is 11.5 Å². The van der Waals surface area contributed by atoms with Crippen LogP contribution in [0.1, 0.15) is 23.0 Å². The maximum absolute atomic E-state index is 12.9. The van der Waals surface area contributed by atoms with Gasteiger partial charge in [-0.3, -0.25) is 9.48 Å². The number of methoxy groups -OCH3 is 2. The molecule has 0 bridgehead atoms. The summed E-state index contributed by atoms with van der Waals surface area (Å²) in [5.41, 5.74) is 1.50. The summed E-state index contributed by atoms with van der Waals surface area (Å²) in [5, 5.41) is 9.22. The molecular weight excluding hydrogens is 426 g/mol. The summed E-state index contributed by atoms with van der Waals surface area (Å²) in [5.74, 6) is 0.830. The Morgan fingerprint density at radius 3 is 2.63 bits per heavy atom. The third-order valence-electron chi connectivity index (χ3n) is 4.94. The van der Waals surface area contributed by atoms with Gasteiger partial charge in [-0.15, -0.1) is 11.3 Å². The summed E-state index contributed by atoms with van der Waals surface area (Å²) in [6.45, 7) is 0. The molecule has 1 atom stereocenters. The van der Waals surface area contributed by atoms with Gasteiger partial charge in [-0.25, -0.2) is 8.42 Å². The Bertz CT molecular complexity index is 1170. The monoisotopic (exact) mass is 447 g/mol. The summed E-state index contributed by atoms with van der Waals surface area (Å²) in [6.07, 6.45) is 0.485. The molecule has 1 amide bonds. The quantitative estimate of drug-likeness (QED) is 0.623. The van der Waals surface area contributed by atoms with Crippen molar-refractivity contribution in [3.8, 4) is 22.1 Å². The molecule has 0 aliphatic carbocycles. The van der Waals surface area contributed by atoms with E-state index in [1.54, 1.807) is 28.9 Å². The van der Waals surface area contributed by atoms with E-state index in [9.17, 15) is 13.2 Å². The maximum atomic E-state index is 12.9. The number of rotatable bonds is 6. The van der Waals surface area contributed by atoms with E-state index in [4.69, 9.17) is 9.47 Å². The smallest absolute Gasteiger partial charge is 0.276 e. The van der Waals surface area contributed by atoms with E-state index >= 15 is 0 Å². The van der Waals surface area contributed by atoms with Crippen LogP contribution in [0.15, 0.2) is 41.8 Å². The van der Waals surface area contributed by atoms with Crippen molar-refractivity contribution in [2.24, 2.45) is 0 Å². The van der Waals surface area contributed by atoms with Crippen LogP contribution in [0.3, 0.4) is 0 Å². The van der Waals surface area contributed by atoms with E-state index in [1.165, 1.54) is 25.6 Å². The van der Waals surface area contributed by atoms with Gasteiger partial charge in [0, 0.05) is 11.8 Å². The summed E-state index contributed by atoms with van der Waals surface area (Å²) < 4.78 is 36.1. The molecule has 30 heavy (non-hydrogen) atoms. The van der Waals surface area contributed by atoms with Gasteiger partial charge in [0.05, 0.1) is 42.3 Å². The van der Waals surface area contributed by atoms with Gasteiger partial charge in [0.2, 0.25) is 0 Å². The van der Waals surface area contributed by atoms with Crippen LogP contribution in [0.25, 0.3) is 10.6 Å². The largest absolute Gasteiger partial charge is 0.493 e. The molecular formula is C20H21N3O5S2. The Morgan fingerprint density at radius 2 is 2.00 bits per heavy atom. The van der Waals surface area contributed by atoms with Crippen molar-refractivity contribution in [2.75, 3.05) is 31.0 Å².